The molecule has 30 heavy (non-hydrogen) atoms. The van der Waals surface area contributed by atoms with Crippen LogP contribution in [0.1, 0.15) is 45.6 Å². The van der Waals surface area contributed by atoms with E-state index in [4.69, 9.17) is 11.6 Å². The number of imidazole rings is 1. The second-order valence-electron chi connectivity index (χ2n) is 9.03. The first-order valence-electron chi connectivity index (χ1n) is 10.7. The number of para-hydroxylation sites is 2. The molecule has 0 radical (unpaired) electrons. The van der Waals surface area contributed by atoms with E-state index in [0.29, 0.717) is 18.0 Å². The number of halogens is 1. The maximum Gasteiger partial charge on any atom is 0.337 e. The van der Waals surface area contributed by atoms with Gasteiger partial charge in [-0.1, -0.05) is 12.1 Å². The zero-order valence-corrected chi connectivity index (χ0v) is 18.3. The Bertz CT molecular complexity index is 1010. The third-order valence-electron chi connectivity index (χ3n) is 6.54. The lowest BCUT2D eigenvalue weighted by Crippen LogP contribution is -2.43. The molecule has 1 amide bonds. The van der Waals surface area contributed by atoms with Crippen molar-refractivity contribution in [1.82, 2.24) is 19.4 Å². The van der Waals surface area contributed by atoms with Crippen molar-refractivity contribution in [2.75, 3.05) is 26.2 Å². The van der Waals surface area contributed by atoms with Gasteiger partial charge in [-0.2, -0.15) is 0 Å². The monoisotopic (exact) mass is 432 g/mol. The Balaban J connectivity index is 1.37. The van der Waals surface area contributed by atoms with E-state index >= 15 is 0 Å². The van der Waals surface area contributed by atoms with Crippen molar-refractivity contribution < 1.29 is 9.59 Å². The van der Waals surface area contributed by atoms with Crippen molar-refractivity contribution >= 4 is 33.9 Å². The van der Waals surface area contributed by atoms with Crippen LogP contribution >= 0.6 is 11.6 Å². The van der Waals surface area contributed by atoms with Gasteiger partial charge in [-0.15, -0.1) is 0 Å². The van der Waals surface area contributed by atoms with Crippen LogP contribution in [0.4, 0.5) is 4.79 Å². The summed E-state index contributed by atoms with van der Waals surface area (Å²) in [5.41, 5.74) is 0.779. The highest BCUT2D eigenvalue weighted by Gasteiger charge is 2.50. The Kier molecular flexibility index (Phi) is 5.77. The van der Waals surface area contributed by atoms with Gasteiger partial charge in [-0.25, -0.2) is 14.2 Å². The number of likely N-dealkylation sites (tertiary alicyclic amines) is 1. The largest absolute Gasteiger partial charge is 0.337 e. The van der Waals surface area contributed by atoms with Gasteiger partial charge >= 0.3 is 11.7 Å². The first kappa shape index (κ1) is 21.1. The molecule has 1 aliphatic heterocycles. The van der Waals surface area contributed by atoms with E-state index in [1.54, 1.807) is 10.6 Å². The minimum Gasteiger partial charge on any atom is -0.337 e. The van der Waals surface area contributed by atoms with Gasteiger partial charge in [0.1, 0.15) is 0 Å². The summed E-state index contributed by atoms with van der Waals surface area (Å²) in [6.45, 7) is 6.97. The Morgan fingerprint density at radius 1 is 1.17 bits per heavy atom. The molecule has 2 heterocycles. The molecule has 2 aromatic rings. The molecule has 0 bridgehead atoms. The van der Waals surface area contributed by atoms with Crippen molar-refractivity contribution in [1.29, 1.82) is 0 Å². The molecule has 162 valence electrons. The zero-order valence-electron chi connectivity index (χ0n) is 17.6. The highest BCUT2D eigenvalue weighted by molar-refractivity contribution is 6.65. The number of fused-ring (bicyclic) bond motifs is 1. The summed E-state index contributed by atoms with van der Waals surface area (Å²) in [5.74, 6) is 0.362. The average Bonchev–Trinajstić information content (AvgIpc) is 3.43. The highest BCUT2D eigenvalue weighted by Crippen LogP contribution is 2.48. The van der Waals surface area contributed by atoms with Crippen LogP contribution in [0.5, 0.6) is 0 Å². The molecule has 8 heteroatoms. The Labute approximate surface area is 181 Å². The molecular weight excluding hydrogens is 404 g/mol. The van der Waals surface area contributed by atoms with E-state index in [1.807, 2.05) is 32.0 Å². The molecule has 0 atom stereocenters. The highest BCUT2D eigenvalue weighted by atomic mass is 35.5. The Morgan fingerprint density at radius 3 is 2.37 bits per heavy atom. The topological polar surface area (TPSA) is 76.3 Å². The van der Waals surface area contributed by atoms with Crippen LogP contribution in [0, 0.1) is 11.3 Å². The molecule has 1 N–H and O–H groups in total. The van der Waals surface area contributed by atoms with E-state index in [-0.39, 0.29) is 28.4 Å². The van der Waals surface area contributed by atoms with Gasteiger partial charge in [0.25, 0.3) is 0 Å². The van der Waals surface area contributed by atoms with Crippen molar-refractivity contribution in [3.63, 3.8) is 0 Å². The number of hydrogen-bond acceptors (Lipinski definition) is 4. The van der Waals surface area contributed by atoms with Crippen molar-refractivity contribution in [2.24, 2.45) is 11.3 Å². The molecule has 7 nitrogen and oxygen atoms in total. The van der Waals surface area contributed by atoms with Crippen LogP contribution in [-0.4, -0.2) is 51.5 Å². The average molecular weight is 433 g/mol. The van der Waals surface area contributed by atoms with Crippen LogP contribution in [0.25, 0.3) is 11.0 Å². The molecule has 2 aliphatic rings. The molecule has 1 saturated carbocycles. The number of benzene rings is 1. The van der Waals surface area contributed by atoms with Crippen LogP contribution in [0.2, 0.25) is 0 Å². The Hall–Kier alpha value is -2.12. The quantitative estimate of drug-likeness (QED) is 0.711. The lowest BCUT2D eigenvalue weighted by Gasteiger charge is -2.33. The lowest BCUT2D eigenvalue weighted by molar-refractivity contribution is -0.117. The van der Waals surface area contributed by atoms with Crippen molar-refractivity contribution in [2.45, 2.75) is 45.6 Å². The van der Waals surface area contributed by atoms with Gasteiger partial charge in [-0.05, 0) is 82.3 Å². The normalized spacial score (nSPS) is 19.3. The summed E-state index contributed by atoms with van der Waals surface area (Å²) < 4.78 is 2.90. The lowest BCUT2D eigenvalue weighted by atomic mass is 9.95. The van der Waals surface area contributed by atoms with E-state index in [2.05, 4.69) is 10.2 Å². The minimum absolute atomic E-state index is 0.0320. The number of carbonyl (C=O) groups excluding carboxylic acids is 2. The van der Waals surface area contributed by atoms with Gasteiger partial charge in [0.15, 0.2) is 0 Å². The molecule has 2 fully saturated rings. The number of piperidine rings is 1. The van der Waals surface area contributed by atoms with E-state index in [1.165, 1.54) is 4.57 Å². The number of carbonyl (C=O) groups is 2. The summed E-state index contributed by atoms with van der Waals surface area (Å²) in [7, 11) is 0. The van der Waals surface area contributed by atoms with Gasteiger partial charge in [-0.3, -0.25) is 9.36 Å². The number of amides is 1. The van der Waals surface area contributed by atoms with Crippen LogP contribution in [-0.2, 0) is 4.79 Å². The standard InChI is InChI=1S/C22H29ClN4O3/c1-15(2)26-17-5-3-4-6-18(17)27(21(26)30)20(29)24-13-16-7-11-25(12-8-16)14-22(9-10-22)19(23)28/h3-6,15-16H,7-14H2,1-2H3,(H,24,29). The number of hydrogen-bond donors (Lipinski definition) is 1. The van der Waals surface area contributed by atoms with Crippen LogP contribution in [0.3, 0.4) is 0 Å². The molecule has 1 aliphatic carbocycles. The van der Waals surface area contributed by atoms with Gasteiger partial charge in [0.05, 0.1) is 16.4 Å². The van der Waals surface area contributed by atoms with Gasteiger partial charge < -0.3 is 10.2 Å². The van der Waals surface area contributed by atoms with Crippen molar-refractivity contribution in [3.8, 4) is 0 Å². The fraction of sp³-hybridized carbons (Fsp3) is 0.591. The summed E-state index contributed by atoms with van der Waals surface area (Å²) in [6.07, 6.45) is 3.69. The van der Waals surface area contributed by atoms with E-state index in [9.17, 15) is 14.4 Å². The van der Waals surface area contributed by atoms with Crippen LogP contribution < -0.4 is 11.0 Å². The number of aromatic nitrogens is 2. The molecule has 1 aromatic heterocycles. The van der Waals surface area contributed by atoms with E-state index in [0.717, 1.165) is 50.8 Å². The second kappa shape index (κ2) is 8.19. The maximum atomic E-state index is 12.9. The Morgan fingerprint density at radius 2 is 1.80 bits per heavy atom. The van der Waals surface area contributed by atoms with E-state index < -0.39 is 0 Å². The summed E-state index contributed by atoms with van der Waals surface area (Å²) >= 11 is 5.76. The minimum atomic E-state index is -0.373. The van der Waals surface area contributed by atoms with Crippen molar-refractivity contribution in [3.05, 3.63) is 34.7 Å². The predicted molar refractivity (Wildman–Crippen MR) is 117 cm³/mol. The SMILES string of the molecule is CC(C)n1c(=O)n(C(=O)NCC2CCN(CC3(C(=O)Cl)CC3)CC2)c2ccccc21. The first-order valence-corrected chi connectivity index (χ1v) is 11.1. The third kappa shape index (κ3) is 3.93. The molecule has 1 saturated heterocycles. The second-order valence-corrected chi connectivity index (χ2v) is 9.37. The number of nitrogens with zero attached hydrogens (tertiary/aromatic N) is 3. The maximum absolute atomic E-state index is 12.9. The van der Waals surface area contributed by atoms with Crippen LogP contribution in [0.15, 0.2) is 29.1 Å². The smallest absolute Gasteiger partial charge is 0.337 e. The molecule has 4 rings (SSSR count). The third-order valence-corrected chi connectivity index (χ3v) is 6.95. The number of rotatable bonds is 6. The first-order chi connectivity index (χ1) is 14.3. The molecule has 1 aromatic carbocycles. The molecule has 0 spiro atoms. The summed E-state index contributed by atoms with van der Waals surface area (Å²) in [4.78, 5) is 39.7. The molecular formula is C22H29ClN4O3. The number of nitrogens with one attached hydrogen (secondary N) is 1. The van der Waals surface area contributed by atoms with Gasteiger partial charge in [0.2, 0.25) is 5.24 Å². The molecule has 0 unspecified atom stereocenters. The predicted octanol–water partition coefficient (Wildman–Crippen LogP) is 3.20. The fourth-order valence-electron chi connectivity index (χ4n) is 4.52. The summed E-state index contributed by atoms with van der Waals surface area (Å²) in [5, 5.41) is 2.76. The zero-order chi connectivity index (χ0) is 21.5. The fourth-order valence-corrected chi connectivity index (χ4v) is 4.77. The van der Waals surface area contributed by atoms with Gasteiger partial charge in [0, 0.05) is 19.1 Å². The summed E-state index contributed by atoms with van der Waals surface area (Å²) in [6, 6.07) is 6.98.